The molecule has 2 aromatic carbocycles. The Morgan fingerprint density at radius 3 is 2.78 bits per heavy atom. The number of anilines is 2. The molecule has 0 spiro atoms. The van der Waals surface area contributed by atoms with Crippen LogP contribution in [-0.2, 0) is 4.79 Å². The van der Waals surface area contributed by atoms with E-state index in [0.717, 1.165) is 0 Å². The van der Waals surface area contributed by atoms with Gasteiger partial charge in [-0.25, -0.2) is 9.07 Å². The van der Waals surface area contributed by atoms with Crippen molar-refractivity contribution in [3.63, 3.8) is 0 Å². The van der Waals surface area contributed by atoms with Gasteiger partial charge in [0.2, 0.25) is 5.95 Å². The number of amides is 1. The Morgan fingerprint density at radius 2 is 2.04 bits per heavy atom. The van der Waals surface area contributed by atoms with Crippen LogP contribution in [0.15, 0.2) is 66.1 Å². The molecule has 6 nitrogen and oxygen atoms in total. The minimum atomic E-state index is -0.605. The first-order valence-corrected chi connectivity index (χ1v) is 8.60. The van der Waals surface area contributed by atoms with Crippen molar-refractivity contribution in [2.75, 3.05) is 10.6 Å². The second kappa shape index (κ2) is 6.85. The Kier molecular flexibility index (Phi) is 4.37. The Bertz CT molecular complexity index is 1040. The van der Waals surface area contributed by atoms with Gasteiger partial charge in [0.25, 0.3) is 5.91 Å². The van der Waals surface area contributed by atoms with Crippen LogP contribution in [0.4, 0.5) is 16.0 Å². The van der Waals surface area contributed by atoms with Gasteiger partial charge in [-0.1, -0.05) is 23.7 Å². The molecular weight excluding hydrogens is 369 g/mol. The van der Waals surface area contributed by atoms with E-state index in [9.17, 15) is 9.18 Å². The van der Waals surface area contributed by atoms with Crippen LogP contribution in [0.2, 0.25) is 5.02 Å². The molecule has 2 N–H and O–H groups in total. The largest absolute Gasteiger partial charge is 0.328 e. The smallest absolute Gasteiger partial charge is 0.255 e. The van der Waals surface area contributed by atoms with Crippen molar-refractivity contribution >= 4 is 29.1 Å². The lowest BCUT2D eigenvalue weighted by molar-refractivity contribution is -0.113. The zero-order valence-corrected chi connectivity index (χ0v) is 15.0. The number of benzene rings is 2. The fourth-order valence-electron chi connectivity index (χ4n) is 3.10. The number of hydrogen-bond donors (Lipinski definition) is 2. The normalized spacial score (nSPS) is 15.9. The minimum absolute atomic E-state index is 0.322. The van der Waals surface area contributed by atoms with Crippen LogP contribution in [0.25, 0.3) is 0 Å². The fourth-order valence-corrected chi connectivity index (χ4v) is 3.23. The molecule has 3 aromatic rings. The number of nitrogens with one attached hydrogen (secondary N) is 2. The number of hydrogen-bond acceptors (Lipinski definition) is 4. The lowest BCUT2D eigenvalue weighted by Gasteiger charge is -2.28. The summed E-state index contributed by atoms with van der Waals surface area (Å²) < 4.78 is 15.4. The van der Waals surface area contributed by atoms with Gasteiger partial charge in [-0.2, -0.15) is 10.1 Å². The highest BCUT2D eigenvalue weighted by atomic mass is 35.5. The fraction of sp³-hybridized carbons (Fsp3) is 0.105. The van der Waals surface area contributed by atoms with Gasteiger partial charge in [0, 0.05) is 16.4 Å². The van der Waals surface area contributed by atoms with Crippen molar-refractivity contribution in [1.29, 1.82) is 0 Å². The summed E-state index contributed by atoms with van der Waals surface area (Å²) in [6, 6.07) is 12.3. The summed E-state index contributed by atoms with van der Waals surface area (Å²) in [4.78, 5) is 17.2. The number of carbonyl (C=O) groups excluding carboxylic acids is 1. The summed E-state index contributed by atoms with van der Waals surface area (Å²) in [6.45, 7) is 1.78. The van der Waals surface area contributed by atoms with Gasteiger partial charge in [0.1, 0.15) is 18.2 Å². The van der Waals surface area contributed by atoms with Gasteiger partial charge in [-0.05, 0) is 48.9 Å². The van der Waals surface area contributed by atoms with Gasteiger partial charge in [0.15, 0.2) is 0 Å². The first-order chi connectivity index (χ1) is 13.0. The third-order valence-corrected chi connectivity index (χ3v) is 4.56. The van der Waals surface area contributed by atoms with Crippen LogP contribution in [-0.4, -0.2) is 20.7 Å². The molecule has 1 aliphatic rings. The molecule has 1 atom stereocenters. The number of nitrogens with zero attached hydrogens (tertiary/aromatic N) is 3. The first kappa shape index (κ1) is 17.2. The van der Waals surface area contributed by atoms with E-state index in [1.54, 1.807) is 48.0 Å². The Balaban J connectivity index is 1.76. The first-order valence-electron chi connectivity index (χ1n) is 8.22. The number of allylic oxidation sites excluding steroid dienone is 1. The van der Waals surface area contributed by atoms with Crippen molar-refractivity contribution in [3.8, 4) is 0 Å². The molecule has 0 unspecified atom stereocenters. The molecule has 4 rings (SSSR count). The van der Waals surface area contributed by atoms with E-state index in [4.69, 9.17) is 11.6 Å². The molecule has 0 saturated carbocycles. The molecule has 2 heterocycles. The Labute approximate surface area is 159 Å². The quantitative estimate of drug-likeness (QED) is 0.717. The van der Waals surface area contributed by atoms with Gasteiger partial charge in [0.05, 0.1) is 5.57 Å². The zero-order chi connectivity index (χ0) is 19.0. The molecular formula is C19H15ClFN5O. The molecule has 0 radical (unpaired) electrons. The number of aromatic nitrogens is 3. The van der Waals surface area contributed by atoms with Crippen molar-refractivity contribution < 1.29 is 9.18 Å². The van der Waals surface area contributed by atoms with E-state index in [1.807, 2.05) is 0 Å². The summed E-state index contributed by atoms with van der Waals surface area (Å²) in [5.74, 6) is -0.217. The van der Waals surface area contributed by atoms with Crippen molar-refractivity contribution in [2.45, 2.75) is 13.0 Å². The maximum atomic E-state index is 13.8. The standard InChI is InChI=1S/C19H15ClFN5O/c1-11-16(18(27)25-15-7-5-13(20)6-8-15)17(12-3-2-4-14(21)9-12)26-19(24-11)22-10-23-26/h2-10,17H,1H3,(H,25,27)(H,22,23,24)/t17-/m0/s1. The highest BCUT2D eigenvalue weighted by molar-refractivity contribution is 6.30. The van der Waals surface area contributed by atoms with Gasteiger partial charge >= 0.3 is 0 Å². The number of halogens is 2. The minimum Gasteiger partial charge on any atom is -0.328 e. The molecule has 1 aromatic heterocycles. The van der Waals surface area contributed by atoms with E-state index in [2.05, 4.69) is 20.7 Å². The second-order valence-electron chi connectivity index (χ2n) is 6.11. The SMILES string of the molecule is CC1=C(C(=O)Nc2ccc(Cl)cc2)[C@H](c2cccc(F)c2)n2ncnc2N1. The molecule has 1 aliphatic heterocycles. The van der Waals surface area contributed by atoms with Crippen LogP contribution in [0, 0.1) is 5.82 Å². The summed E-state index contributed by atoms with van der Waals surface area (Å²) in [7, 11) is 0. The molecule has 1 amide bonds. The maximum Gasteiger partial charge on any atom is 0.255 e. The number of rotatable bonds is 3. The van der Waals surface area contributed by atoms with E-state index < -0.39 is 6.04 Å². The van der Waals surface area contributed by atoms with Crippen molar-refractivity contribution in [1.82, 2.24) is 14.8 Å². The van der Waals surface area contributed by atoms with E-state index >= 15 is 0 Å². The lowest BCUT2D eigenvalue weighted by Crippen LogP contribution is -2.31. The average Bonchev–Trinajstić information content (AvgIpc) is 3.10. The zero-order valence-electron chi connectivity index (χ0n) is 14.3. The molecule has 0 aliphatic carbocycles. The predicted molar refractivity (Wildman–Crippen MR) is 101 cm³/mol. The van der Waals surface area contributed by atoms with Crippen LogP contribution in [0.3, 0.4) is 0 Å². The van der Waals surface area contributed by atoms with Crippen LogP contribution in [0.5, 0.6) is 0 Å². The highest BCUT2D eigenvalue weighted by Crippen LogP contribution is 2.35. The van der Waals surface area contributed by atoms with Gasteiger partial charge in [-0.3, -0.25) is 4.79 Å². The summed E-state index contributed by atoms with van der Waals surface area (Å²) in [5, 5.41) is 10.7. The Hall–Kier alpha value is -3.19. The van der Waals surface area contributed by atoms with Crippen LogP contribution < -0.4 is 10.6 Å². The monoisotopic (exact) mass is 383 g/mol. The predicted octanol–water partition coefficient (Wildman–Crippen LogP) is 4.00. The molecule has 0 bridgehead atoms. The summed E-state index contributed by atoms with van der Waals surface area (Å²) in [6.07, 6.45) is 1.39. The van der Waals surface area contributed by atoms with Crippen LogP contribution >= 0.6 is 11.6 Å². The van der Waals surface area contributed by atoms with E-state index in [-0.39, 0.29) is 11.7 Å². The topological polar surface area (TPSA) is 71.8 Å². The van der Waals surface area contributed by atoms with E-state index in [1.165, 1.54) is 18.5 Å². The van der Waals surface area contributed by atoms with Crippen molar-refractivity contribution in [3.05, 3.63) is 82.5 Å². The molecule has 0 saturated heterocycles. The third-order valence-electron chi connectivity index (χ3n) is 4.31. The number of carbonyl (C=O) groups is 1. The van der Waals surface area contributed by atoms with Gasteiger partial charge < -0.3 is 10.6 Å². The second-order valence-corrected chi connectivity index (χ2v) is 6.55. The molecule has 27 heavy (non-hydrogen) atoms. The molecule has 136 valence electrons. The molecule has 8 heteroatoms. The summed E-state index contributed by atoms with van der Waals surface area (Å²) in [5.41, 5.74) is 2.25. The van der Waals surface area contributed by atoms with Gasteiger partial charge in [-0.15, -0.1) is 0 Å². The van der Waals surface area contributed by atoms with Crippen LogP contribution in [0.1, 0.15) is 18.5 Å². The summed E-state index contributed by atoms with van der Waals surface area (Å²) >= 11 is 5.90. The van der Waals surface area contributed by atoms with Crippen molar-refractivity contribution in [2.24, 2.45) is 0 Å². The highest BCUT2D eigenvalue weighted by Gasteiger charge is 2.33. The lowest BCUT2D eigenvalue weighted by atomic mass is 9.95. The maximum absolute atomic E-state index is 13.8. The number of fused-ring (bicyclic) bond motifs is 1. The Morgan fingerprint density at radius 1 is 1.26 bits per heavy atom. The molecule has 0 fully saturated rings. The third kappa shape index (κ3) is 3.29. The van der Waals surface area contributed by atoms with E-state index in [0.29, 0.717) is 33.5 Å². The average molecular weight is 384 g/mol.